The molecule has 9 heteroatoms. The van der Waals surface area contributed by atoms with Crippen LogP contribution in [-0.2, 0) is 9.59 Å². The monoisotopic (exact) mass is 409 g/mol. The van der Waals surface area contributed by atoms with Crippen LogP contribution in [0, 0.1) is 18.6 Å². The summed E-state index contributed by atoms with van der Waals surface area (Å²) in [6.07, 6.45) is -0.104. The van der Waals surface area contributed by atoms with Gasteiger partial charge in [-0.2, -0.15) is 0 Å². The van der Waals surface area contributed by atoms with E-state index in [1.165, 1.54) is 18.2 Å². The van der Waals surface area contributed by atoms with E-state index in [-0.39, 0.29) is 23.2 Å². The molecule has 0 aromatic heterocycles. The van der Waals surface area contributed by atoms with Crippen LogP contribution >= 0.6 is 23.4 Å². The molecule has 0 radical (unpaired) electrons. The van der Waals surface area contributed by atoms with Crippen LogP contribution in [0.3, 0.4) is 0 Å². The van der Waals surface area contributed by atoms with Crippen LogP contribution in [0.25, 0.3) is 0 Å². The summed E-state index contributed by atoms with van der Waals surface area (Å²) in [5.41, 5.74) is 1.20. The molecular weight excluding hydrogens is 396 g/mol. The smallest absolute Gasteiger partial charge is 0.240 e. The summed E-state index contributed by atoms with van der Waals surface area (Å²) in [7, 11) is 0. The number of carbonyl (C=O) groups excluding carboxylic acids is 2. The summed E-state index contributed by atoms with van der Waals surface area (Å²) < 4.78 is 26.7. The van der Waals surface area contributed by atoms with Gasteiger partial charge >= 0.3 is 0 Å². The SMILES string of the molecule is Cc1ccc(N=C2NC(=O)[C@H](CC(=O)Nc3ccc(F)c(Cl)c3)S2)cc1F. The number of thioether (sulfide) groups is 1. The summed E-state index contributed by atoms with van der Waals surface area (Å²) in [6, 6.07) is 8.30. The van der Waals surface area contributed by atoms with Gasteiger partial charge in [-0.1, -0.05) is 29.4 Å². The average Bonchev–Trinajstić information content (AvgIpc) is 2.93. The van der Waals surface area contributed by atoms with Gasteiger partial charge in [-0.3, -0.25) is 9.59 Å². The minimum Gasteiger partial charge on any atom is -0.326 e. The lowest BCUT2D eigenvalue weighted by Gasteiger charge is -2.08. The van der Waals surface area contributed by atoms with E-state index in [4.69, 9.17) is 11.6 Å². The predicted molar refractivity (Wildman–Crippen MR) is 102 cm³/mol. The molecule has 1 fully saturated rings. The van der Waals surface area contributed by atoms with E-state index in [0.717, 1.165) is 17.8 Å². The lowest BCUT2D eigenvalue weighted by Crippen LogP contribution is -2.28. The number of amidine groups is 1. The van der Waals surface area contributed by atoms with Crippen molar-refractivity contribution in [3.05, 3.63) is 58.6 Å². The predicted octanol–water partition coefficient (Wildman–Crippen LogP) is 4.17. The van der Waals surface area contributed by atoms with E-state index in [1.54, 1.807) is 19.1 Å². The molecule has 0 spiro atoms. The molecule has 1 atom stereocenters. The van der Waals surface area contributed by atoms with Gasteiger partial charge in [0.05, 0.1) is 10.7 Å². The number of amides is 2. The number of aliphatic imine (C=N–C) groups is 1. The Kier molecular flexibility index (Phi) is 5.76. The van der Waals surface area contributed by atoms with Gasteiger partial charge in [0.15, 0.2) is 5.17 Å². The summed E-state index contributed by atoms with van der Waals surface area (Å²) >= 11 is 6.76. The second-order valence-corrected chi connectivity index (χ2v) is 7.43. The number of halogens is 3. The van der Waals surface area contributed by atoms with Crippen LogP contribution in [0.2, 0.25) is 5.02 Å². The molecule has 27 heavy (non-hydrogen) atoms. The van der Waals surface area contributed by atoms with E-state index in [1.807, 2.05) is 0 Å². The van der Waals surface area contributed by atoms with E-state index in [0.29, 0.717) is 22.1 Å². The van der Waals surface area contributed by atoms with Crippen molar-refractivity contribution >= 4 is 51.7 Å². The molecule has 0 aliphatic carbocycles. The molecule has 2 aromatic carbocycles. The van der Waals surface area contributed by atoms with Crippen LogP contribution in [0.1, 0.15) is 12.0 Å². The fraction of sp³-hybridized carbons (Fsp3) is 0.167. The number of hydrogen-bond donors (Lipinski definition) is 2. The third-order valence-electron chi connectivity index (χ3n) is 3.74. The van der Waals surface area contributed by atoms with Gasteiger partial charge in [-0.15, -0.1) is 0 Å². The second kappa shape index (κ2) is 8.06. The number of anilines is 1. The van der Waals surface area contributed by atoms with Crippen LogP contribution in [0.4, 0.5) is 20.2 Å². The highest BCUT2D eigenvalue weighted by Gasteiger charge is 2.32. The first-order valence-corrected chi connectivity index (χ1v) is 9.15. The standard InChI is InChI=1S/C18H14ClF2N3O2S/c1-9-2-3-11(7-14(9)21)23-18-24-17(26)15(27-18)8-16(25)22-10-4-5-13(20)12(19)6-10/h2-7,15H,8H2,1H3,(H,22,25)(H,23,24,26)/t15-/m0/s1. The van der Waals surface area contributed by atoms with Gasteiger partial charge in [0, 0.05) is 12.1 Å². The highest BCUT2D eigenvalue weighted by molar-refractivity contribution is 8.15. The molecule has 1 aliphatic heterocycles. The minimum absolute atomic E-state index is 0.104. The zero-order chi connectivity index (χ0) is 19.6. The first-order chi connectivity index (χ1) is 12.8. The first kappa shape index (κ1) is 19.3. The first-order valence-electron chi connectivity index (χ1n) is 7.89. The zero-order valence-corrected chi connectivity index (χ0v) is 15.6. The highest BCUT2D eigenvalue weighted by atomic mass is 35.5. The summed E-state index contributed by atoms with van der Waals surface area (Å²) in [5.74, 6) is -1.76. The Morgan fingerprint density at radius 3 is 2.74 bits per heavy atom. The Morgan fingerprint density at radius 1 is 1.26 bits per heavy atom. The van der Waals surface area contributed by atoms with Crippen molar-refractivity contribution in [2.45, 2.75) is 18.6 Å². The molecule has 3 rings (SSSR count). The van der Waals surface area contributed by atoms with Crippen molar-refractivity contribution in [3.8, 4) is 0 Å². The Morgan fingerprint density at radius 2 is 2.04 bits per heavy atom. The largest absolute Gasteiger partial charge is 0.326 e. The molecule has 0 unspecified atom stereocenters. The van der Waals surface area contributed by atoms with Gasteiger partial charge in [-0.25, -0.2) is 13.8 Å². The normalized spacial score (nSPS) is 17.9. The molecule has 1 heterocycles. The van der Waals surface area contributed by atoms with Gasteiger partial charge in [-0.05, 0) is 42.8 Å². The van der Waals surface area contributed by atoms with Crippen molar-refractivity contribution in [1.82, 2.24) is 5.32 Å². The Balaban J connectivity index is 1.63. The van der Waals surface area contributed by atoms with E-state index < -0.39 is 17.0 Å². The van der Waals surface area contributed by atoms with E-state index >= 15 is 0 Å². The third kappa shape index (κ3) is 4.84. The number of nitrogens with zero attached hydrogens (tertiary/aromatic N) is 1. The van der Waals surface area contributed by atoms with Crippen LogP contribution in [0.5, 0.6) is 0 Å². The van der Waals surface area contributed by atoms with Gasteiger partial charge in [0.2, 0.25) is 11.8 Å². The number of aryl methyl sites for hydroxylation is 1. The van der Waals surface area contributed by atoms with Gasteiger partial charge in [0.1, 0.15) is 16.9 Å². The van der Waals surface area contributed by atoms with Gasteiger partial charge in [0.25, 0.3) is 0 Å². The Bertz CT molecular complexity index is 952. The van der Waals surface area contributed by atoms with Crippen molar-refractivity contribution in [2.75, 3.05) is 5.32 Å². The summed E-state index contributed by atoms with van der Waals surface area (Å²) in [4.78, 5) is 28.4. The fourth-order valence-electron chi connectivity index (χ4n) is 2.32. The number of hydrogen-bond acceptors (Lipinski definition) is 4. The molecule has 2 aromatic rings. The lowest BCUT2D eigenvalue weighted by atomic mass is 10.2. The van der Waals surface area contributed by atoms with Crippen molar-refractivity contribution < 1.29 is 18.4 Å². The molecule has 0 bridgehead atoms. The summed E-state index contributed by atoms with van der Waals surface area (Å²) in [5, 5.41) is 4.65. The van der Waals surface area contributed by atoms with Crippen molar-refractivity contribution in [2.24, 2.45) is 4.99 Å². The molecule has 5 nitrogen and oxygen atoms in total. The molecule has 2 N–H and O–H groups in total. The van der Waals surface area contributed by atoms with E-state index in [2.05, 4.69) is 15.6 Å². The number of carbonyl (C=O) groups is 2. The average molecular weight is 410 g/mol. The number of rotatable bonds is 4. The maximum atomic E-state index is 13.6. The van der Waals surface area contributed by atoms with Gasteiger partial charge < -0.3 is 10.6 Å². The highest BCUT2D eigenvalue weighted by Crippen LogP contribution is 2.27. The summed E-state index contributed by atoms with van der Waals surface area (Å²) in [6.45, 7) is 1.64. The fourth-order valence-corrected chi connectivity index (χ4v) is 3.48. The van der Waals surface area contributed by atoms with Crippen LogP contribution < -0.4 is 10.6 Å². The quantitative estimate of drug-likeness (QED) is 0.796. The van der Waals surface area contributed by atoms with Crippen molar-refractivity contribution in [3.63, 3.8) is 0 Å². The zero-order valence-electron chi connectivity index (χ0n) is 14.1. The molecule has 140 valence electrons. The second-order valence-electron chi connectivity index (χ2n) is 5.83. The van der Waals surface area contributed by atoms with Crippen LogP contribution in [0.15, 0.2) is 41.4 Å². The van der Waals surface area contributed by atoms with Crippen molar-refractivity contribution in [1.29, 1.82) is 0 Å². The molecule has 0 saturated carbocycles. The van der Waals surface area contributed by atoms with Crippen LogP contribution in [-0.4, -0.2) is 22.2 Å². The molecule has 1 aliphatic rings. The molecule has 1 saturated heterocycles. The maximum Gasteiger partial charge on any atom is 0.240 e. The third-order valence-corrected chi connectivity index (χ3v) is 5.11. The lowest BCUT2D eigenvalue weighted by molar-refractivity contribution is -0.122. The topological polar surface area (TPSA) is 70.6 Å². The number of benzene rings is 2. The van der Waals surface area contributed by atoms with E-state index in [9.17, 15) is 18.4 Å². The Hall–Kier alpha value is -2.45. The molecular formula is C18H14ClF2N3O2S. The minimum atomic E-state index is -0.671. The maximum absolute atomic E-state index is 13.6. The molecule has 2 amide bonds. The Labute approximate surface area is 163 Å². The number of nitrogens with one attached hydrogen (secondary N) is 2.